The topological polar surface area (TPSA) is 0 Å². The second kappa shape index (κ2) is 8.32. The first-order chi connectivity index (χ1) is 8.79. The fraction of sp³-hybridized carbons (Fsp3) is 0.462. The Bertz CT molecular complexity index is 397. The van der Waals surface area contributed by atoms with E-state index in [4.69, 9.17) is 58.0 Å². The highest BCUT2D eigenvalue weighted by Gasteiger charge is 2.22. The normalized spacial score (nSPS) is 13.1. The standard InChI is InChI=1S/C13H14Cl5P/c14-12(15,16)8-4-5-9-13(17,18)19-10-11-6-2-1-3-7-11/h1-3,6-7,10H,4-5,8-9H2. The molecule has 0 fully saturated rings. The van der Waals surface area contributed by atoms with Crippen LogP contribution in [0, 0.1) is 0 Å². The minimum absolute atomic E-state index is 0.515. The first kappa shape index (κ1) is 17.9. The Balaban J connectivity index is 2.37. The number of benzene rings is 1. The maximum Gasteiger partial charge on any atom is 0.190 e. The summed E-state index contributed by atoms with van der Waals surface area (Å²) in [6, 6.07) is 9.96. The first-order valence-corrected chi connectivity index (χ1v) is 8.69. The van der Waals surface area contributed by atoms with Gasteiger partial charge < -0.3 is 0 Å². The molecule has 1 aromatic carbocycles. The summed E-state index contributed by atoms with van der Waals surface area (Å²) in [4.78, 5) is 0. The number of rotatable bonds is 6. The number of hydrogen-bond donors (Lipinski definition) is 0. The minimum atomic E-state index is -1.19. The largest absolute Gasteiger partial charge is 0.190 e. The lowest BCUT2D eigenvalue weighted by atomic mass is 10.2. The Hall–Kier alpha value is 0.840. The molecule has 0 aliphatic rings. The minimum Gasteiger partial charge on any atom is -0.0916 e. The summed E-state index contributed by atoms with van der Waals surface area (Å²) < 4.78 is -1.97. The van der Waals surface area contributed by atoms with Gasteiger partial charge in [0.05, 0.1) is 0 Å². The van der Waals surface area contributed by atoms with Crippen molar-refractivity contribution in [3.63, 3.8) is 0 Å². The lowest BCUT2D eigenvalue weighted by Crippen LogP contribution is -2.05. The average Bonchev–Trinajstić information content (AvgIpc) is 2.33. The predicted octanol–water partition coefficient (Wildman–Crippen LogP) is 6.85. The highest BCUT2D eigenvalue weighted by atomic mass is 35.6. The van der Waals surface area contributed by atoms with Gasteiger partial charge in [0.15, 0.2) is 7.87 Å². The van der Waals surface area contributed by atoms with E-state index in [1.165, 1.54) is 0 Å². The van der Waals surface area contributed by atoms with Crippen LogP contribution in [0.15, 0.2) is 30.3 Å². The maximum atomic E-state index is 6.26. The van der Waals surface area contributed by atoms with Gasteiger partial charge in [-0.15, -0.1) is 0 Å². The van der Waals surface area contributed by atoms with Crippen LogP contribution in [0.25, 0.3) is 0 Å². The maximum absolute atomic E-state index is 6.26. The van der Waals surface area contributed by atoms with Gasteiger partial charge in [-0.3, -0.25) is 0 Å². The molecule has 0 N–H and O–H groups in total. The van der Waals surface area contributed by atoms with Crippen LogP contribution in [0.2, 0.25) is 0 Å². The van der Waals surface area contributed by atoms with Crippen LogP contribution in [-0.2, 0) is 0 Å². The van der Waals surface area contributed by atoms with Crippen molar-refractivity contribution in [1.82, 2.24) is 0 Å². The number of alkyl halides is 5. The van der Waals surface area contributed by atoms with Crippen molar-refractivity contribution in [2.75, 3.05) is 0 Å². The molecule has 1 rings (SSSR count). The molecule has 0 saturated heterocycles. The van der Waals surface area contributed by atoms with Gasteiger partial charge in [-0.2, -0.15) is 0 Å². The molecule has 0 aromatic heterocycles. The van der Waals surface area contributed by atoms with Crippen LogP contribution >= 0.6 is 66.2 Å². The molecule has 0 saturated carbocycles. The first-order valence-electron chi connectivity index (χ1n) is 5.83. The number of hydrogen-bond acceptors (Lipinski definition) is 0. The SMILES string of the molecule is ClC(Cl)(Cl)CCCCC(Cl)(Cl)P=Cc1ccccc1. The number of unbranched alkanes of at least 4 members (excludes halogenated alkanes) is 1. The van der Waals surface area contributed by atoms with Crippen molar-refractivity contribution in [2.45, 2.75) is 33.6 Å². The quantitative estimate of drug-likeness (QED) is 0.289. The molecule has 0 nitrogen and oxygen atoms in total. The fourth-order valence-corrected chi connectivity index (χ4v) is 3.19. The van der Waals surface area contributed by atoms with Gasteiger partial charge in [0.1, 0.15) is 0 Å². The van der Waals surface area contributed by atoms with E-state index in [9.17, 15) is 0 Å². The van der Waals surface area contributed by atoms with E-state index in [0.717, 1.165) is 26.6 Å². The molecule has 0 unspecified atom stereocenters. The van der Waals surface area contributed by atoms with Crippen LogP contribution in [0.5, 0.6) is 0 Å². The second-order valence-electron chi connectivity index (χ2n) is 4.16. The molecule has 0 aliphatic heterocycles. The Labute approximate surface area is 141 Å². The molecule has 6 heteroatoms. The highest BCUT2D eigenvalue weighted by molar-refractivity contribution is 7.46. The van der Waals surface area contributed by atoms with Gasteiger partial charge in [0.25, 0.3) is 0 Å². The summed E-state index contributed by atoms with van der Waals surface area (Å²) in [7, 11) is 0.869. The van der Waals surface area contributed by atoms with E-state index in [-0.39, 0.29) is 0 Å². The highest BCUT2D eigenvalue weighted by Crippen LogP contribution is 2.40. The molecule has 0 amide bonds. The van der Waals surface area contributed by atoms with Gasteiger partial charge in [-0.1, -0.05) is 96.5 Å². The van der Waals surface area contributed by atoms with Crippen molar-refractivity contribution in [1.29, 1.82) is 0 Å². The zero-order valence-electron chi connectivity index (χ0n) is 10.1. The van der Waals surface area contributed by atoms with E-state index in [2.05, 4.69) is 0 Å². The molecule has 0 atom stereocenters. The summed E-state index contributed by atoms with van der Waals surface area (Å²) >= 11 is 29.6. The van der Waals surface area contributed by atoms with Crippen molar-refractivity contribution in [3.05, 3.63) is 35.9 Å². The predicted molar refractivity (Wildman–Crippen MR) is 91.7 cm³/mol. The average molecular weight is 378 g/mol. The van der Waals surface area contributed by atoms with Crippen molar-refractivity contribution in [3.8, 4) is 0 Å². The molecule has 0 aliphatic carbocycles. The van der Waals surface area contributed by atoms with E-state index < -0.39 is 7.87 Å². The van der Waals surface area contributed by atoms with E-state index in [0.29, 0.717) is 12.8 Å². The van der Waals surface area contributed by atoms with Gasteiger partial charge in [-0.05, 0) is 37.0 Å². The zero-order chi connectivity index (χ0) is 14.4. The lowest BCUT2D eigenvalue weighted by Gasteiger charge is -2.15. The molecular weight excluding hydrogens is 364 g/mol. The Morgan fingerprint density at radius 2 is 1.47 bits per heavy atom. The van der Waals surface area contributed by atoms with E-state index in [1.807, 2.05) is 36.1 Å². The van der Waals surface area contributed by atoms with Crippen LogP contribution in [-0.4, -0.2) is 13.7 Å². The van der Waals surface area contributed by atoms with Crippen LogP contribution in [0.4, 0.5) is 0 Å². The van der Waals surface area contributed by atoms with Gasteiger partial charge in [0.2, 0.25) is 0 Å². The summed E-state index contributed by atoms with van der Waals surface area (Å²) in [5.41, 5.74) is 1.11. The van der Waals surface area contributed by atoms with Crippen molar-refractivity contribution < 1.29 is 0 Å². The monoisotopic (exact) mass is 376 g/mol. The lowest BCUT2D eigenvalue weighted by molar-refractivity contribution is 0.659. The van der Waals surface area contributed by atoms with Crippen LogP contribution < -0.4 is 0 Å². The van der Waals surface area contributed by atoms with Crippen LogP contribution in [0.1, 0.15) is 31.2 Å². The van der Waals surface area contributed by atoms with Gasteiger partial charge in [0, 0.05) is 0 Å². The third kappa shape index (κ3) is 9.40. The molecule has 19 heavy (non-hydrogen) atoms. The third-order valence-corrected chi connectivity index (χ3v) is 4.95. The summed E-state index contributed by atoms with van der Waals surface area (Å²) in [6.45, 7) is 0. The molecule has 0 heterocycles. The molecular formula is C13H14Cl5P. The smallest absolute Gasteiger partial charge is 0.0916 e. The van der Waals surface area contributed by atoms with Gasteiger partial charge >= 0.3 is 0 Å². The summed E-state index contributed by atoms with van der Waals surface area (Å²) in [5, 5.41) is 0. The molecule has 0 radical (unpaired) electrons. The Morgan fingerprint density at radius 3 is 2.05 bits per heavy atom. The van der Waals surface area contributed by atoms with Gasteiger partial charge in [-0.25, -0.2) is 0 Å². The van der Waals surface area contributed by atoms with Crippen molar-refractivity contribution in [2.24, 2.45) is 0 Å². The second-order valence-corrected chi connectivity index (χ2v) is 9.96. The van der Waals surface area contributed by atoms with Crippen LogP contribution in [0.3, 0.4) is 0 Å². The fourth-order valence-electron chi connectivity index (χ4n) is 1.44. The molecule has 106 valence electrons. The Morgan fingerprint density at radius 1 is 0.895 bits per heavy atom. The Kier molecular flexibility index (Phi) is 7.84. The molecule has 1 aromatic rings. The van der Waals surface area contributed by atoms with Crippen molar-refractivity contribution >= 4 is 72.0 Å². The number of halogens is 5. The van der Waals surface area contributed by atoms with E-state index >= 15 is 0 Å². The molecule has 0 bridgehead atoms. The summed E-state index contributed by atoms with van der Waals surface area (Å²) in [6.07, 6.45) is 2.80. The molecule has 0 spiro atoms. The zero-order valence-corrected chi connectivity index (χ0v) is 14.8. The third-order valence-electron chi connectivity index (χ3n) is 2.39. The van der Waals surface area contributed by atoms with E-state index in [1.54, 1.807) is 0 Å². The summed E-state index contributed by atoms with van der Waals surface area (Å²) in [5.74, 6) is 2.01.